The van der Waals surface area contributed by atoms with E-state index in [1.165, 1.54) is 16.4 Å². The number of nitrogens with zero attached hydrogens (tertiary/aromatic N) is 1. The van der Waals surface area contributed by atoms with Gasteiger partial charge in [-0.25, -0.2) is 22.0 Å². The summed E-state index contributed by atoms with van der Waals surface area (Å²) < 4.78 is 49.8. The number of carbonyl (C=O) groups excluding carboxylic acids is 1. The fourth-order valence-electron chi connectivity index (χ4n) is 3.43. The number of sulfonamides is 2. The number of hydrogen-bond acceptors (Lipinski definition) is 5. The summed E-state index contributed by atoms with van der Waals surface area (Å²) >= 11 is 0. The van der Waals surface area contributed by atoms with Gasteiger partial charge in [-0.1, -0.05) is 29.8 Å². The van der Waals surface area contributed by atoms with Gasteiger partial charge in [-0.05, 0) is 56.0 Å². The van der Waals surface area contributed by atoms with Crippen LogP contribution in [0.4, 0.5) is 0 Å². The van der Waals surface area contributed by atoms with Gasteiger partial charge in [0, 0.05) is 13.1 Å². The molecule has 8 nitrogen and oxygen atoms in total. The number of primary sulfonamides is 1. The van der Waals surface area contributed by atoms with Gasteiger partial charge in [-0.3, -0.25) is 4.79 Å². The minimum absolute atomic E-state index is 0.0261. The molecule has 1 amide bonds. The summed E-state index contributed by atoms with van der Waals surface area (Å²) in [4.78, 5) is 12.9. The molecule has 1 aliphatic rings. The van der Waals surface area contributed by atoms with E-state index in [2.05, 4.69) is 5.32 Å². The van der Waals surface area contributed by atoms with E-state index < -0.39 is 26.1 Å². The lowest BCUT2D eigenvalue weighted by Crippen LogP contribution is -2.46. The Morgan fingerprint density at radius 1 is 1.03 bits per heavy atom. The number of aryl methyl sites for hydroxylation is 1. The van der Waals surface area contributed by atoms with Gasteiger partial charge in [0.25, 0.3) is 0 Å². The molecule has 1 saturated heterocycles. The van der Waals surface area contributed by atoms with Crippen molar-refractivity contribution >= 4 is 26.0 Å². The van der Waals surface area contributed by atoms with Crippen molar-refractivity contribution < 1.29 is 21.6 Å². The summed E-state index contributed by atoms with van der Waals surface area (Å²) in [6, 6.07) is 12.0. The molecule has 3 N–H and O–H groups in total. The summed E-state index contributed by atoms with van der Waals surface area (Å²) in [5.41, 5.74) is 1.79. The zero-order valence-electron chi connectivity index (χ0n) is 16.6. The van der Waals surface area contributed by atoms with Crippen molar-refractivity contribution in [2.75, 3.05) is 13.1 Å². The second-order valence-corrected chi connectivity index (χ2v) is 10.8. The van der Waals surface area contributed by atoms with E-state index >= 15 is 0 Å². The first-order valence-corrected chi connectivity index (χ1v) is 12.6. The van der Waals surface area contributed by atoms with Crippen LogP contribution < -0.4 is 10.5 Å². The van der Waals surface area contributed by atoms with Crippen LogP contribution in [0.3, 0.4) is 0 Å². The fourth-order valence-corrected chi connectivity index (χ4v) is 5.60. The molecule has 30 heavy (non-hydrogen) atoms. The summed E-state index contributed by atoms with van der Waals surface area (Å²) in [6.45, 7) is 2.50. The Morgan fingerprint density at radius 3 is 2.23 bits per heavy atom. The number of nitrogens with one attached hydrogen (secondary N) is 1. The van der Waals surface area contributed by atoms with E-state index in [4.69, 9.17) is 5.14 Å². The van der Waals surface area contributed by atoms with Gasteiger partial charge in [0.15, 0.2) is 0 Å². The van der Waals surface area contributed by atoms with Gasteiger partial charge in [-0.2, -0.15) is 4.31 Å². The number of benzene rings is 2. The van der Waals surface area contributed by atoms with E-state index in [1.807, 2.05) is 6.92 Å². The van der Waals surface area contributed by atoms with Gasteiger partial charge in [0.05, 0.1) is 9.79 Å². The molecule has 0 unspecified atom stereocenters. The van der Waals surface area contributed by atoms with Crippen molar-refractivity contribution in [3.63, 3.8) is 0 Å². The van der Waals surface area contributed by atoms with Gasteiger partial charge in [-0.15, -0.1) is 0 Å². The highest BCUT2D eigenvalue weighted by Gasteiger charge is 2.39. The first-order chi connectivity index (χ1) is 14.1. The van der Waals surface area contributed by atoms with Crippen molar-refractivity contribution in [3.05, 3.63) is 59.7 Å². The van der Waals surface area contributed by atoms with Crippen LogP contribution in [0.1, 0.15) is 24.0 Å². The first-order valence-electron chi connectivity index (χ1n) is 9.57. The molecule has 0 bridgehead atoms. The van der Waals surface area contributed by atoms with E-state index in [0.717, 1.165) is 11.1 Å². The standard InChI is InChI=1S/C20H25N3O5S2/c1-15-4-8-18(9-5-15)30(27,28)23-14-2-3-19(23)20(24)22-13-12-16-6-10-17(11-7-16)29(21,25)26/h4-11,19H,2-3,12-14H2,1H3,(H,22,24)(H2,21,25,26)/t19-/m0/s1. The third kappa shape index (κ3) is 5.07. The molecular weight excluding hydrogens is 426 g/mol. The predicted octanol–water partition coefficient (Wildman–Crippen LogP) is 1.15. The average Bonchev–Trinajstić information content (AvgIpc) is 3.19. The average molecular weight is 452 g/mol. The van der Waals surface area contributed by atoms with Gasteiger partial charge in [0.2, 0.25) is 26.0 Å². The van der Waals surface area contributed by atoms with Crippen molar-refractivity contribution in [1.29, 1.82) is 0 Å². The maximum atomic E-state index is 13.0. The fraction of sp³-hybridized carbons (Fsp3) is 0.350. The minimum atomic E-state index is -3.74. The molecule has 0 aromatic heterocycles. The minimum Gasteiger partial charge on any atom is -0.354 e. The quantitative estimate of drug-likeness (QED) is 0.653. The van der Waals surface area contributed by atoms with Gasteiger partial charge < -0.3 is 5.32 Å². The topological polar surface area (TPSA) is 127 Å². The Kier molecular flexibility index (Phi) is 6.61. The highest BCUT2D eigenvalue weighted by atomic mass is 32.2. The summed E-state index contributed by atoms with van der Waals surface area (Å²) in [6.07, 6.45) is 1.58. The third-order valence-electron chi connectivity index (χ3n) is 5.10. The van der Waals surface area contributed by atoms with Crippen molar-refractivity contribution in [3.8, 4) is 0 Å². The van der Waals surface area contributed by atoms with Crippen LogP contribution in [0, 0.1) is 6.92 Å². The number of rotatable bonds is 7. The second-order valence-electron chi connectivity index (χ2n) is 7.32. The Hall–Kier alpha value is -2.27. The van der Waals surface area contributed by atoms with Crippen LogP contribution >= 0.6 is 0 Å². The highest BCUT2D eigenvalue weighted by Crippen LogP contribution is 2.26. The van der Waals surface area contributed by atoms with Gasteiger partial charge >= 0.3 is 0 Å². The second kappa shape index (κ2) is 8.84. The van der Waals surface area contributed by atoms with Gasteiger partial charge in [0.1, 0.15) is 6.04 Å². The summed E-state index contributed by atoms with van der Waals surface area (Å²) in [5, 5.41) is 7.87. The van der Waals surface area contributed by atoms with Crippen LogP contribution in [0.25, 0.3) is 0 Å². The third-order valence-corrected chi connectivity index (χ3v) is 7.95. The van der Waals surface area contributed by atoms with Crippen LogP contribution in [-0.4, -0.2) is 46.2 Å². The molecular formula is C20H25N3O5S2. The van der Waals surface area contributed by atoms with Crippen LogP contribution in [0.15, 0.2) is 58.3 Å². The summed E-state index contributed by atoms with van der Waals surface area (Å²) in [5.74, 6) is -0.329. The molecule has 0 radical (unpaired) electrons. The number of nitrogens with two attached hydrogens (primary N) is 1. The molecule has 1 atom stereocenters. The molecule has 2 aromatic carbocycles. The Balaban J connectivity index is 1.61. The normalized spacial score (nSPS) is 17.7. The molecule has 1 aliphatic heterocycles. The predicted molar refractivity (Wildman–Crippen MR) is 113 cm³/mol. The number of hydrogen-bond donors (Lipinski definition) is 2. The molecule has 2 aromatic rings. The Bertz CT molecular complexity index is 1110. The molecule has 10 heteroatoms. The molecule has 0 saturated carbocycles. The maximum Gasteiger partial charge on any atom is 0.243 e. The monoisotopic (exact) mass is 451 g/mol. The molecule has 0 spiro atoms. The van der Waals surface area contributed by atoms with Crippen LogP contribution in [0.2, 0.25) is 0 Å². The maximum absolute atomic E-state index is 13.0. The van der Waals surface area contributed by atoms with E-state index in [0.29, 0.717) is 32.4 Å². The summed E-state index contributed by atoms with van der Waals surface area (Å²) in [7, 11) is -7.48. The number of carbonyl (C=O) groups is 1. The van der Waals surface area contributed by atoms with E-state index in [9.17, 15) is 21.6 Å². The largest absolute Gasteiger partial charge is 0.354 e. The molecule has 0 aliphatic carbocycles. The highest BCUT2D eigenvalue weighted by molar-refractivity contribution is 7.89. The van der Waals surface area contributed by atoms with E-state index in [-0.39, 0.29) is 15.7 Å². The van der Waals surface area contributed by atoms with Crippen molar-refractivity contribution in [2.45, 2.75) is 42.0 Å². The lowest BCUT2D eigenvalue weighted by Gasteiger charge is -2.23. The SMILES string of the molecule is Cc1ccc(S(=O)(=O)N2CCC[C@H]2C(=O)NCCc2ccc(S(N)(=O)=O)cc2)cc1. The number of amides is 1. The lowest BCUT2D eigenvalue weighted by molar-refractivity contribution is -0.124. The molecule has 1 heterocycles. The molecule has 3 rings (SSSR count). The molecule has 1 fully saturated rings. The Morgan fingerprint density at radius 2 is 1.63 bits per heavy atom. The van der Waals surface area contributed by atoms with Crippen LogP contribution in [-0.2, 0) is 31.3 Å². The molecule has 162 valence electrons. The Labute approximate surface area is 177 Å². The zero-order chi connectivity index (χ0) is 21.9. The first kappa shape index (κ1) is 22.4. The van der Waals surface area contributed by atoms with Crippen molar-refractivity contribution in [2.24, 2.45) is 5.14 Å². The lowest BCUT2D eigenvalue weighted by atomic mass is 10.1. The smallest absolute Gasteiger partial charge is 0.243 e. The van der Waals surface area contributed by atoms with E-state index in [1.54, 1.807) is 36.4 Å². The van der Waals surface area contributed by atoms with Crippen molar-refractivity contribution in [1.82, 2.24) is 9.62 Å². The zero-order valence-corrected chi connectivity index (χ0v) is 18.2. The van der Waals surface area contributed by atoms with Crippen LogP contribution in [0.5, 0.6) is 0 Å².